The molecular weight excluding hydrogens is 235 g/mol. The van der Waals surface area contributed by atoms with Crippen molar-refractivity contribution in [3.05, 3.63) is 84.2 Å². The van der Waals surface area contributed by atoms with Crippen molar-refractivity contribution in [1.29, 1.82) is 0 Å². The van der Waals surface area contributed by atoms with Gasteiger partial charge in [-0.25, -0.2) is 4.39 Å². The third kappa shape index (κ3) is 4.36. The maximum absolute atomic E-state index is 12.9. The van der Waals surface area contributed by atoms with E-state index >= 15 is 0 Å². The molecule has 0 bridgehead atoms. The largest absolute Gasteiger partial charge is 0.207 e. The van der Waals surface area contributed by atoms with Crippen LogP contribution in [0.15, 0.2) is 67.3 Å². The van der Waals surface area contributed by atoms with E-state index in [9.17, 15) is 4.39 Å². The molecule has 0 amide bonds. The van der Waals surface area contributed by atoms with Gasteiger partial charge in [-0.1, -0.05) is 48.5 Å². The summed E-state index contributed by atoms with van der Waals surface area (Å²) in [5.41, 5.74) is 2.52. The highest BCUT2D eigenvalue weighted by atomic mass is 19.1. The summed E-state index contributed by atoms with van der Waals surface area (Å²) in [6.07, 6.45) is 5.06. The molecule has 0 aliphatic heterocycles. The van der Waals surface area contributed by atoms with Crippen molar-refractivity contribution in [3.8, 4) is 0 Å². The Labute approximate surface area is 114 Å². The summed E-state index contributed by atoms with van der Waals surface area (Å²) in [5, 5.41) is 0. The van der Waals surface area contributed by atoms with Crippen LogP contribution in [0.5, 0.6) is 0 Å². The fourth-order valence-electron chi connectivity index (χ4n) is 2.22. The van der Waals surface area contributed by atoms with Gasteiger partial charge >= 0.3 is 0 Å². The first-order valence-electron chi connectivity index (χ1n) is 6.69. The molecule has 2 rings (SSSR count). The predicted octanol–water partition coefficient (Wildman–Crippen LogP) is 4.80. The van der Waals surface area contributed by atoms with Crippen LogP contribution in [-0.2, 0) is 12.8 Å². The Morgan fingerprint density at radius 2 is 1.63 bits per heavy atom. The summed E-state index contributed by atoms with van der Waals surface area (Å²) in [5.74, 6) is 0.258. The van der Waals surface area contributed by atoms with Crippen LogP contribution in [-0.4, -0.2) is 0 Å². The third-order valence-electron chi connectivity index (χ3n) is 3.39. The minimum absolute atomic E-state index is 0.178. The van der Waals surface area contributed by atoms with Gasteiger partial charge in [0.25, 0.3) is 0 Å². The van der Waals surface area contributed by atoms with Gasteiger partial charge in [0, 0.05) is 0 Å². The van der Waals surface area contributed by atoms with Gasteiger partial charge in [0.1, 0.15) is 5.82 Å². The van der Waals surface area contributed by atoms with Crippen molar-refractivity contribution >= 4 is 0 Å². The van der Waals surface area contributed by atoms with Crippen molar-refractivity contribution < 1.29 is 4.39 Å². The van der Waals surface area contributed by atoms with E-state index in [1.54, 1.807) is 0 Å². The van der Waals surface area contributed by atoms with Crippen molar-refractivity contribution in [3.63, 3.8) is 0 Å². The zero-order chi connectivity index (χ0) is 13.5. The average molecular weight is 254 g/mol. The number of halogens is 1. The molecule has 0 fully saturated rings. The molecule has 0 saturated carbocycles. The zero-order valence-corrected chi connectivity index (χ0v) is 11.1. The van der Waals surface area contributed by atoms with Crippen LogP contribution in [0, 0.1) is 11.7 Å². The zero-order valence-electron chi connectivity index (χ0n) is 11.1. The van der Waals surface area contributed by atoms with Gasteiger partial charge < -0.3 is 0 Å². The van der Waals surface area contributed by atoms with E-state index in [4.69, 9.17) is 0 Å². The Balaban J connectivity index is 1.90. The van der Waals surface area contributed by atoms with Gasteiger partial charge in [-0.2, -0.15) is 0 Å². The average Bonchev–Trinajstić information content (AvgIpc) is 2.46. The van der Waals surface area contributed by atoms with Crippen LogP contribution in [0.2, 0.25) is 0 Å². The van der Waals surface area contributed by atoms with E-state index in [1.807, 2.05) is 24.3 Å². The molecule has 19 heavy (non-hydrogen) atoms. The molecule has 0 aromatic heterocycles. The summed E-state index contributed by atoms with van der Waals surface area (Å²) in [4.78, 5) is 0. The van der Waals surface area contributed by atoms with Crippen molar-refractivity contribution in [1.82, 2.24) is 0 Å². The fourth-order valence-corrected chi connectivity index (χ4v) is 2.22. The molecule has 0 aliphatic rings. The second-order valence-electron chi connectivity index (χ2n) is 4.85. The summed E-state index contributed by atoms with van der Waals surface area (Å²) in [7, 11) is 0. The first kappa shape index (κ1) is 13.5. The fraction of sp³-hybridized carbons (Fsp3) is 0.222. The van der Waals surface area contributed by atoms with Crippen LogP contribution in [0.1, 0.15) is 17.5 Å². The molecule has 1 atom stereocenters. The summed E-state index contributed by atoms with van der Waals surface area (Å²) < 4.78 is 12.9. The smallest absolute Gasteiger partial charge is 0.123 e. The molecule has 0 N–H and O–H groups in total. The number of benzene rings is 2. The highest BCUT2D eigenvalue weighted by molar-refractivity contribution is 5.18. The van der Waals surface area contributed by atoms with E-state index < -0.39 is 0 Å². The summed E-state index contributed by atoms with van der Waals surface area (Å²) in [6, 6.07) is 17.2. The molecule has 2 aromatic rings. The minimum atomic E-state index is -0.178. The quantitative estimate of drug-likeness (QED) is 0.649. The first-order valence-corrected chi connectivity index (χ1v) is 6.69. The maximum Gasteiger partial charge on any atom is 0.123 e. The first-order chi connectivity index (χ1) is 9.28. The van der Waals surface area contributed by atoms with Crippen molar-refractivity contribution in [2.75, 3.05) is 0 Å². The molecule has 2 aromatic carbocycles. The predicted molar refractivity (Wildman–Crippen MR) is 78.6 cm³/mol. The molecule has 98 valence electrons. The van der Waals surface area contributed by atoms with Crippen LogP contribution in [0.25, 0.3) is 0 Å². The lowest BCUT2D eigenvalue weighted by atomic mass is 9.93. The van der Waals surface area contributed by atoms with E-state index in [1.165, 1.54) is 23.3 Å². The lowest BCUT2D eigenvalue weighted by Gasteiger charge is -2.12. The van der Waals surface area contributed by atoms with E-state index in [-0.39, 0.29) is 5.82 Å². The summed E-state index contributed by atoms with van der Waals surface area (Å²) in [6.45, 7) is 3.91. The second-order valence-corrected chi connectivity index (χ2v) is 4.85. The Bertz CT molecular complexity index is 499. The Hall–Kier alpha value is -1.89. The minimum Gasteiger partial charge on any atom is -0.207 e. The molecule has 0 nitrogen and oxygen atoms in total. The number of aryl methyl sites for hydroxylation is 1. The molecular formula is C18H19F. The lowest BCUT2D eigenvalue weighted by Crippen LogP contribution is -2.03. The molecule has 1 heteroatoms. The van der Waals surface area contributed by atoms with E-state index in [2.05, 4.69) is 30.8 Å². The van der Waals surface area contributed by atoms with Gasteiger partial charge in [0.05, 0.1) is 0 Å². The van der Waals surface area contributed by atoms with Crippen LogP contribution >= 0.6 is 0 Å². The Kier molecular flexibility index (Phi) is 4.91. The number of hydrogen-bond acceptors (Lipinski definition) is 0. The van der Waals surface area contributed by atoms with Crippen molar-refractivity contribution in [2.24, 2.45) is 5.92 Å². The summed E-state index contributed by atoms with van der Waals surface area (Å²) >= 11 is 0. The van der Waals surface area contributed by atoms with Crippen LogP contribution < -0.4 is 0 Å². The third-order valence-corrected chi connectivity index (χ3v) is 3.39. The van der Waals surface area contributed by atoms with Gasteiger partial charge in [-0.15, -0.1) is 6.58 Å². The lowest BCUT2D eigenvalue weighted by molar-refractivity contribution is 0.586. The van der Waals surface area contributed by atoms with Gasteiger partial charge in [-0.05, 0) is 48.4 Å². The number of rotatable bonds is 6. The number of allylic oxidation sites excluding steroid dienone is 1. The second kappa shape index (κ2) is 6.89. The van der Waals surface area contributed by atoms with Gasteiger partial charge in [-0.3, -0.25) is 0 Å². The maximum atomic E-state index is 12.9. The van der Waals surface area contributed by atoms with E-state index in [0.717, 1.165) is 19.3 Å². The highest BCUT2D eigenvalue weighted by Crippen LogP contribution is 2.17. The molecule has 0 aliphatic carbocycles. The molecule has 0 saturated heterocycles. The molecule has 0 radical (unpaired) electrons. The van der Waals surface area contributed by atoms with Crippen LogP contribution in [0.3, 0.4) is 0 Å². The van der Waals surface area contributed by atoms with Crippen molar-refractivity contribution in [2.45, 2.75) is 19.3 Å². The topological polar surface area (TPSA) is 0 Å². The van der Waals surface area contributed by atoms with Crippen LogP contribution in [0.4, 0.5) is 4.39 Å². The normalized spacial score (nSPS) is 12.1. The van der Waals surface area contributed by atoms with E-state index in [0.29, 0.717) is 5.92 Å². The molecule has 0 heterocycles. The highest BCUT2D eigenvalue weighted by Gasteiger charge is 2.06. The van der Waals surface area contributed by atoms with Gasteiger partial charge in [0.2, 0.25) is 0 Å². The SMILES string of the molecule is C=C[C@@H](CCc1ccccc1)Cc1ccc(F)cc1. The number of hydrogen-bond donors (Lipinski definition) is 0. The Morgan fingerprint density at radius 3 is 2.26 bits per heavy atom. The standard InChI is InChI=1S/C18H19F/c1-2-15(8-9-16-6-4-3-5-7-16)14-17-10-12-18(19)13-11-17/h2-7,10-13,15H,1,8-9,14H2/t15-/m0/s1. The molecule has 0 spiro atoms. The molecule has 0 unspecified atom stereocenters. The van der Waals surface area contributed by atoms with Gasteiger partial charge in [0.15, 0.2) is 0 Å². The Morgan fingerprint density at radius 1 is 0.947 bits per heavy atom. The monoisotopic (exact) mass is 254 g/mol.